The minimum Gasteiger partial charge on any atom is -0.313 e. The molecule has 0 spiro atoms. The van der Waals surface area contributed by atoms with Crippen LogP contribution in [0.25, 0.3) is 0 Å². The Kier molecular flexibility index (Phi) is 11.0. The lowest BCUT2D eigenvalue weighted by atomic mass is 9.99. The third kappa shape index (κ3) is 8.62. The minimum atomic E-state index is 0.616. The number of unbranched alkanes of at least 4 members (excludes halogenated alkanes) is 1. The summed E-state index contributed by atoms with van der Waals surface area (Å²) in [4.78, 5) is 2.49. The fourth-order valence-corrected chi connectivity index (χ4v) is 2.24. The molecule has 0 aliphatic carbocycles. The molecule has 2 heteroatoms. The van der Waals surface area contributed by atoms with Crippen LogP contribution < -0.4 is 5.32 Å². The summed E-state index contributed by atoms with van der Waals surface area (Å²) < 4.78 is 0. The van der Waals surface area contributed by atoms with Gasteiger partial charge in [0.05, 0.1) is 0 Å². The Hall–Kier alpha value is -0.0800. The third-order valence-corrected chi connectivity index (χ3v) is 3.72. The van der Waals surface area contributed by atoms with Crippen LogP contribution in [-0.2, 0) is 0 Å². The first-order chi connectivity index (χ1) is 8.17. The largest absolute Gasteiger partial charge is 0.313 e. The van der Waals surface area contributed by atoms with Gasteiger partial charge in [0, 0.05) is 12.6 Å². The molecule has 1 N–H and O–H groups in total. The fraction of sp³-hybridized carbons (Fsp3) is 1.00. The molecule has 104 valence electrons. The Morgan fingerprint density at radius 2 is 1.71 bits per heavy atom. The van der Waals surface area contributed by atoms with Crippen LogP contribution >= 0.6 is 0 Å². The number of hydrogen-bond donors (Lipinski definition) is 1. The van der Waals surface area contributed by atoms with Crippen molar-refractivity contribution in [2.24, 2.45) is 5.92 Å². The van der Waals surface area contributed by atoms with Crippen molar-refractivity contribution in [3.8, 4) is 0 Å². The molecular formula is C15H34N2. The zero-order chi connectivity index (χ0) is 13.1. The fourth-order valence-electron chi connectivity index (χ4n) is 2.24. The average Bonchev–Trinajstić information content (AvgIpc) is 2.36. The molecule has 0 radical (unpaired) electrons. The smallest absolute Gasteiger partial charge is 0.0166 e. The second kappa shape index (κ2) is 11.0. The van der Waals surface area contributed by atoms with Gasteiger partial charge in [-0.1, -0.05) is 47.0 Å². The molecule has 0 fully saturated rings. The lowest BCUT2D eigenvalue weighted by Crippen LogP contribution is -2.40. The van der Waals surface area contributed by atoms with E-state index >= 15 is 0 Å². The Bertz CT molecular complexity index is 155. The van der Waals surface area contributed by atoms with E-state index in [1.54, 1.807) is 0 Å². The van der Waals surface area contributed by atoms with Crippen molar-refractivity contribution in [2.45, 2.75) is 66.3 Å². The van der Waals surface area contributed by atoms with Crippen molar-refractivity contribution in [1.82, 2.24) is 10.2 Å². The van der Waals surface area contributed by atoms with Crippen molar-refractivity contribution in [2.75, 3.05) is 26.2 Å². The van der Waals surface area contributed by atoms with E-state index in [1.165, 1.54) is 38.8 Å². The summed E-state index contributed by atoms with van der Waals surface area (Å²) in [6.45, 7) is 16.1. The highest BCUT2D eigenvalue weighted by Crippen LogP contribution is 2.11. The van der Waals surface area contributed by atoms with Gasteiger partial charge in [0.25, 0.3) is 0 Å². The van der Waals surface area contributed by atoms with E-state index in [2.05, 4.69) is 44.8 Å². The number of nitrogens with one attached hydrogen (secondary N) is 1. The number of hydrogen-bond acceptors (Lipinski definition) is 2. The topological polar surface area (TPSA) is 15.3 Å². The third-order valence-electron chi connectivity index (χ3n) is 3.72. The van der Waals surface area contributed by atoms with E-state index in [0.29, 0.717) is 6.04 Å². The minimum absolute atomic E-state index is 0.616. The van der Waals surface area contributed by atoms with E-state index in [4.69, 9.17) is 0 Å². The lowest BCUT2D eigenvalue weighted by molar-refractivity contribution is 0.263. The maximum absolute atomic E-state index is 3.70. The van der Waals surface area contributed by atoms with E-state index in [9.17, 15) is 0 Å². The summed E-state index contributed by atoms with van der Waals surface area (Å²) in [6.07, 6.45) is 5.40. The summed E-state index contributed by atoms with van der Waals surface area (Å²) in [7, 11) is 0. The van der Waals surface area contributed by atoms with Gasteiger partial charge in [0.1, 0.15) is 0 Å². The molecule has 0 aliphatic heterocycles. The molecule has 0 bridgehead atoms. The lowest BCUT2D eigenvalue weighted by Gasteiger charge is -2.25. The molecule has 2 atom stereocenters. The van der Waals surface area contributed by atoms with E-state index in [0.717, 1.165) is 19.0 Å². The predicted molar refractivity (Wildman–Crippen MR) is 78.6 cm³/mol. The number of nitrogens with zero attached hydrogens (tertiary/aromatic N) is 1. The Labute approximate surface area is 109 Å². The molecule has 0 amide bonds. The van der Waals surface area contributed by atoms with Crippen LogP contribution in [0.5, 0.6) is 0 Å². The molecule has 0 aromatic rings. The normalized spacial score (nSPS) is 15.2. The molecule has 2 nitrogen and oxygen atoms in total. The van der Waals surface area contributed by atoms with Gasteiger partial charge < -0.3 is 10.2 Å². The van der Waals surface area contributed by atoms with Gasteiger partial charge in [0.15, 0.2) is 0 Å². The van der Waals surface area contributed by atoms with Gasteiger partial charge in [-0.25, -0.2) is 0 Å². The average molecular weight is 242 g/mol. The van der Waals surface area contributed by atoms with Gasteiger partial charge in [0.2, 0.25) is 0 Å². The van der Waals surface area contributed by atoms with Gasteiger partial charge in [-0.3, -0.25) is 0 Å². The molecule has 0 heterocycles. The van der Waals surface area contributed by atoms with Crippen molar-refractivity contribution >= 4 is 0 Å². The summed E-state index contributed by atoms with van der Waals surface area (Å²) in [5.74, 6) is 0.870. The van der Waals surface area contributed by atoms with Gasteiger partial charge in [-0.15, -0.1) is 0 Å². The van der Waals surface area contributed by atoms with E-state index in [-0.39, 0.29) is 0 Å². The van der Waals surface area contributed by atoms with Crippen LogP contribution in [0.2, 0.25) is 0 Å². The maximum atomic E-state index is 3.70. The van der Waals surface area contributed by atoms with Crippen LogP contribution in [-0.4, -0.2) is 37.1 Å². The first-order valence-corrected chi connectivity index (χ1v) is 7.63. The SMILES string of the molecule is CCCCC(CC)CNC(C)CN(CC)CC. The highest BCUT2D eigenvalue weighted by molar-refractivity contribution is 4.69. The van der Waals surface area contributed by atoms with Crippen LogP contribution in [0, 0.1) is 5.92 Å². The summed E-state index contributed by atoms with van der Waals surface area (Å²) in [5.41, 5.74) is 0. The maximum Gasteiger partial charge on any atom is 0.0166 e. The standard InChI is InChI=1S/C15H34N2/c1-6-10-11-15(7-2)12-16-14(5)13-17(8-3)9-4/h14-16H,6-13H2,1-5H3. The van der Waals surface area contributed by atoms with Crippen molar-refractivity contribution in [3.05, 3.63) is 0 Å². The summed E-state index contributed by atoms with van der Waals surface area (Å²) >= 11 is 0. The summed E-state index contributed by atoms with van der Waals surface area (Å²) in [5, 5.41) is 3.70. The number of rotatable bonds is 11. The Morgan fingerprint density at radius 1 is 1.06 bits per heavy atom. The summed E-state index contributed by atoms with van der Waals surface area (Å²) in [6, 6.07) is 0.616. The molecule has 0 aromatic carbocycles. The van der Waals surface area contributed by atoms with E-state index in [1.807, 2.05) is 0 Å². The molecule has 0 rings (SSSR count). The molecule has 2 unspecified atom stereocenters. The molecule has 0 saturated carbocycles. The Morgan fingerprint density at radius 3 is 2.18 bits per heavy atom. The first kappa shape index (κ1) is 16.9. The molecule has 17 heavy (non-hydrogen) atoms. The molecular weight excluding hydrogens is 208 g/mol. The second-order valence-electron chi connectivity index (χ2n) is 5.21. The highest BCUT2D eigenvalue weighted by Gasteiger charge is 2.10. The van der Waals surface area contributed by atoms with Gasteiger partial charge in [-0.05, 0) is 38.9 Å². The molecule has 0 aliphatic rings. The van der Waals surface area contributed by atoms with Crippen molar-refractivity contribution in [1.29, 1.82) is 0 Å². The number of likely N-dealkylation sites (N-methyl/N-ethyl adjacent to an activating group) is 1. The zero-order valence-electron chi connectivity index (χ0n) is 12.8. The monoisotopic (exact) mass is 242 g/mol. The van der Waals surface area contributed by atoms with Crippen LogP contribution in [0.1, 0.15) is 60.3 Å². The Balaban J connectivity index is 3.75. The first-order valence-electron chi connectivity index (χ1n) is 7.63. The van der Waals surface area contributed by atoms with E-state index < -0.39 is 0 Å². The highest BCUT2D eigenvalue weighted by atomic mass is 15.1. The van der Waals surface area contributed by atoms with Crippen LogP contribution in [0.4, 0.5) is 0 Å². The zero-order valence-corrected chi connectivity index (χ0v) is 12.8. The van der Waals surface area contributed by atoms with Crippen LogP contribution in [0.15, 0.2) is 0 Å². The molecule has 0 saturated heterocycles. The second-order valence-corrected chi connectivity index (χ2v) is 5.21. The van der Waals surface area contributed by atoms with Crippen molar-refractivity contribution < 1.29 is 0 Å². The van der Waals surface area contributed by atoms with Crippen LogP contribution in [0.3, 0.4) is 0 Å². The quantitative estimate of drug-likeness (QED) is 0.596. The van der Waals surface area contributed by atoms with Crippen molar-refractivity contribution in [3.63, 3.8) is 0 Å². The van der Waals surface area contributed by atoms with Gasteiger partial charge >= 0.3 is 0 Å². The predicted octanol–water partition coefficient (Wildman–Crippen LogP) is 3.52. The van der Waals surface area contributed by atoms with Gasteiger partial charge in [-0.2, -0.15) is 0 Å². The molecule has 0 aromatic heterocycles.